The van der Waals surface area contributed by atoms with E-state index >= 15 is 0 Å². The molecule has 0 radical (unpaired) electrons. The lowest BCUT2D eigenvalue weighted by molar-refractivity contribution is 0.0913. The predicted octanol–water partition coefficient (Wildman–Crippen LogP) is 1.41. The largest absolute Gasteiger partial charge is 0.392 e. The number of nitrogens with zero attached hydrogens (tertiary/aromatic N) is 1. The molecule has 0 saturated heterocycles. The van der Waals surface area contributed by atoms with Gasteiger partial charge in [-0.2, -0.15) is 0 Å². The van der Waals surface area contributed by atoms with Crippen molar-refractivity contribution in [1.29, 1.82) is 0 Å². The number of benzene rings is 1. The zero-order valence-corrected chi connectivity index (χ0v) is 10.0. The summed E-state index contributed by atoms with van der Waals surface area (Å²) in [6.07, 6.45) is 1.50. The van der Waals surface area contributed by atoms with Gasteiger partial charge in [-0.25, -0.2) is 0 Å². The van der Waals surface area contributed by atoms with Crippen LogP contribution in [0, 0.1) is 6.92 Å². The Labute approximate surface area is 104 Å². The van der Waals surface area contributed by atoms with E-state index in [0.717, 1.165) is 11.1 Å². The molecule has 0 spiro atoms. The molecule has 94 valence electrons. The molecule has 0 fully saturated rings. The molecule has 2 N–H and O–H groups in total. The van der Waals surface area contributed by atoms with Crippen LogP contribution in [0.1, 0.15) is 27.2 Å². The topological polar surface area (TPSA) is 75.4 Å². The number of hydrogen-bond donors (Lipinski definition) is 2. The molecule has 0 atom stereocenters. The lowest BCUT2D eigenvalue weighted by Crippen LogP contribution is -2.22. The van der Waals surface area contributed by atoms with Gasteiger partial charge in [-0.3, -0.25) is 4.79 Å². The average Bonchev–Trinajstić information content (AvgIpc) is 2.83. The molecular weight excluding hydrogens is 232 g/mol. The molecule has 1 heterocycles. The Hall–Kier alpha value is -2.14. The van der Waals surface area contributed by atoms with Gasteiger partial charge in [0.1, 0.15) is 0 Å². The van der Waals surface area contributed by atoms with Crippen LogP contribution in [0.5, 0.6) is 0 Å². The second-order valence-electron chi connectivity index (χ2n) is 4.00. The third-order valence-corrected chi connectivity index (χ3v) is 2.61. The monoisotopic (exact) mass is 246 g/mol. The molecule has 0 aliphatic rings. The number of rotatable bonds is 4. The Balaban J connectivity index is 1.95. The number of nitrogens with one attached hydrogen (secondary N) is 1. The van der Waals surface area contributed by atoms with Crippen LogP contribution in [0.25, 0.3) is 0 Å². The van der Waals surface area contributed by atoms with Gasteiger partial charge in [-0.1, -0.05) is 29.4 Å². The van der Waals surface area contributed by atoms with E-state index in [9.17, 15) is 4.79 Å². The second kappa shape index (κ2) is 5.46. The fraction of sp³-hybridized carbons (Fsp3) is 0.231. The summed E-state index contributed by atoms with van der Waals surface area (Å²) in [6.45, 7) is 2.19. The van der Waals surface area contributed by atoms with Gasteiger partial charge >= 0.3 is 0 Å². The number of hydrogen-bond acceptors (Lipinski definition) is 4. The van der Waals surface area contributed by atoms with E-state index in [2.05, 4.69) is 10.5 Å². The van der Waals surface area contributed by atoms with Crippen molar-refractivity contribution in [3.63, 3.8) is 0 Å². The summed E-state index contributed by atoms with van der Waals surface area (Å²) < 4.78 is 4.86. The minimum Gasteiger partial charge on any atom is -0.392 e. The van der Waals surface area contributed by atoms with E-state index < -0.39 is 0 Å². The van der Waals surface area contributed by atoms with Crippen molar-refractivity contribution in [2.45, 2.75) is 20.1 Å². The first-order valence-corrected chi connectivity index (χ1v) is 5.59. The van der Waals surface area contributed by atoms with Gasteiger partial charge in [-0.15, -0.1) is 0 Å². The smallest absolute Gasteiger partial charge is 0.290 e. The van der Waals surface area contributed by atoms with Crippen molar-refractivity contribution in [1.82, 2.24) is 10.5 Å². The molecule has 1 amide bonds. The van der Waals surface area contributed by atoms with Crippen LogP contribution in [-0.4, -0.2) is 16.2 Å². The van der Waals surface area contributed by atoms with Crippen LogP contribution < -0.4 is 5.32 Å². The molecule has 0 aliphatic carbocycles. The second-order valence-corrected chi connectivity index (χ2v) is 4.00. The van der Waals surface area contributed by atoms with Crippen molar-refractivity contribution < 1.29 is 14.4 Å². The zero-order chi connectivity index (χ0) is 13.0. The Morgan fingerprint density at radius 2 is 2.00 bits per heavy atom. The summed E-state index contributed by atoms with van der Waals surface area (Å²) >= 11 is 0. The Kier molecular flexibility index (Phi) is 3.74. The first-order chi connectivity index (χ1) is 8.70. The van der Waals surface area contributed by atoms with Crippen LogP contribution >= 0.6 is 0 Å². The minimum atomic E-state index is -0.281. The maximum atomic E-state index is 11.7. The van der Waals surface area contributed by atoms with Crippen LogP contribution in [-0.2, 0) is 13.2 Å². The number of carbonyl (C=O) groups is 1. The molecule has 0 bridgehead atoms. The van der Waals surface area contributed by atoms with Crippen molar-refractivity contribution >= 4 is 5.91 Å². The van der Waals surface area contributed by atoms with Gasteiger partial charge < -0.3 is 14.9 Å². The van der Waals surface area contributed by atoms with Gasteiger partial charge in [0.15, 0.2) is 0 Å². The highest BCUT2D eigenvalue weighted by Gasteiger charge is 2.13. The predicted molar refractivity (Wildman–Crippen MR) is 64.8 cm³/mol. The van der Waals surface area contributed by atoms with E-state index in [1.54, 1.807) is 6.92 Å². The maximum Gasteiger partial charge on any atom is 0.290 e. The molecule has 18 heavy (non-hydrogen) atoms. The molecule has 1 aromatic heterocycles. The summed E-state index contributed by atoms with van der Waals surface area (Å²) in [4.78, 5) is 11.7. The number of aromatic nitrogens is 1. The average molecular weight is 246 g/mol. The van der Waals surface area contributed by atoms with Crippen molar-refractivity contribution in [3.8, 4) is 0 Å². The van der Waals surface area contributed by atoms with Crippen LogP contribution in [0.3, 0.4) is 0 Å². The molecule has 0 unspecified atom stereocenters. The lowest BCUT2D eigenvalue weighted by atomic mass is 10.1. The molecule has 0 saturated carbocycles. The SMILES string of the molecule is Cc1cnoc1C(=O)NCc1ccc(CO)cc1. The summed E-state index contributed by atoms with van der Waals surface area (Å²) in [7, 11) is 0. The van der Waals surface area contributed by atoms with Crippen molar-refractivity contribution in [2.24, 2.45) is 0 Å². The zero-order valence-electron chi connectivity index (χ0n) is 10.0. The van der Waals surface area contributed by atoms with E-state index in [1.807, 2.05) is 24.3 Å². The molecular formula is C13H14N2O3. The Morgan fingerprint density at radius 3 is 2.56 bits per heavy atom. The van der Waals surface area contributed by atoms with Gasteiger partial charge in [0.2, 0.25) is 5.76 Å². The summed E-state index contributed by atoms with van der Waals surface area (Å²) in [5.74, 6) is -0.0433. The minimum absolute atomic E-state index is 0.0178. The van der Waals surface area contributed by atoms with E-state index in [0.29, 0.717) is 12.1 Å². The van der Waals surface area contributed by atoms with Crippen LogP contribution in [0.2, 0.25) is 0 Å². The highest BCUT2D eigenvalue weighted by atomic mass is 16.5. The van der Waals surface area contributed by atoms with Crippen LogP contribution in [0.15, 0.2) is 35.0 Å². The van der Waals surface area contributed by atoms with Gasteiger partial charge in [0, 0.05) is 12.1 Å². The van der Waals surface area contributed by atoms with E-state index in [1.165, 1.54) is 6.20 Å². The van der Waals surface area contributed by atoms with Gasteiger partial charge in [0.25, 0.3) is 5.91 Å². The summed E-state index contributed by atoms with van der Waals surface area (Å²) in [5, 5.41) is 15.2. The van der Waals surface area contributed by atoms with Gasteiger partial charge in [-0.05, 0) is 18.1 Å². The fourth-order valence-corrected chi connectivity index (χ4v) is 1.53. The highest BCUT2D eigenvalue weighted by molar-refractivity contribution is 5.92. The normalized spacial score (nSPS) is 10.3. The third kappa shape index (κ3) is 2.75. The number of carbonyl (C=O) groups excluding carboxylic acids is 1. The first-order valence-electron chi connectivity index (χ1n) is 5.59. The summed E-state index contributed by atoms with van der Waals surface area (Å²) in [6, 6.07) is 7.36. The van der Waals surface area contributed by atoms with Crippen molar-refractivity contribution in [2.75, 3.05) is 0 Å². The molecule has 5 nitrogen and oxygen atoms in total. The first kappa shape index (κ1) is 12.3. The van der Waals surface area contributed by atoms with Gasteiger partial charge in [0.05, 0.1) is 12.8 Å². The highest BCUT2D eigenvalue weighted by Crippen LogP contribution is 2.07. The maximum absolute atomic E-state index is 11.7. The number of amides is 1. The molecule has 2 rings (SSSR count). The molecule has 0 aliphatic heterocycles. The summed E-state index contributed by atoms with van der Waals surface area (Å²) in [5.41, 5.74) is 2.51. The number of aliphatic hydroxyl groups excluding tert-OH is 1. The molecule has 2 aromatic rings. The number of aliphatic hydroxyl groups is 1. The van der Waals surface area contributed by atoms with E-state index in [-0.39, 0.29) is 18.3 Å². The molecule has 5 heteroatoms. The third-order valence-electron chi connectivity index (χ3n) is 2.61. The Bertz CT molecular complexity index is 531. The fourth-order valence-electron chi connectivity index (χ4n) is 1.53. The standard InChI is InChI=1S/C13H14N2O3/c1-9-6-15-18-12(9)13(17)14-7-10-2-4-11(8-16)5-3-10/h2-6,16H,7-8H2,1H3,(H,14,17). The lowest BCUT2D eigenvalue weighted by Gasteiger charge is -2.04. The molecule has 1 aromatic carbocycles. The quantitative estimate of drug-likeness (QED) is 0.855. The number of aryl methyl sites for hydroxylation is 1. The van der Waals surface area contributed by atoms with E-state index in [4.69, 9.17) is 9.63 Å². The van der Waals surface area contributed by atoms with Crippen LogP contribution in [0.4, 0.5) is 0 Å². The Morgan fingerprint density at radius 1 is 1.33 bits per heavy atom. The van der Waals surface area contributed by atoms with Crippen molar-refractivity contribution in [3.05, 3.63) is 52.9 Å².